The Morgan fingerprint density at radius 3 is 1.72 bits per heavy atom. The highest BCUT2D eigenvalue weighted by Crippen LogP contribution is 2.52. The molecule has 4 saturated carbocycles. The van der Waals surface area contributed by atoms with E-state index in [1.807, 2.05) is 0 Å². The highest BCUT2D eigenvalue weighted by molar-refractivity contribution is 9.09. The van der Waals surface area contributed by atoms with Crippen molar-refractivity contribution in [2.75, 3.05) is 38.2 Å². The molecule has 8 rings (SSSR count). The molecule has 2 aromatic rings. The van der Waals surface area contributed by atoms with E-state index in [4.69, 9.17) is 9.47 Å². The van der Waals surface area contributed by atoms with Gasteiger partial charge in [-0.3, -0.25) is 19.0 Å². The molecular weight excluding hydrogens is 796 g/mol. The standard InChI is InChI=1S/C17H23N3O5S.C10H13N3O3.C7H11BrO2S/c1-3-25-16(22)13-12-6-9-20(15(21)14(12)19(2)18-13)10-17(7-8-17)26(23,24)11-4-5-11;1-3-16-10(15)7-6-4-5-11-9(14)8(6)13(2)12-7;8-5-7(3-4-7)11(9,10)6-1-2-6/h11H,3-10H2,1-2H3;3-5H2,1-2H3,(H,11,14);6H,1-5H2. The van der Waals surface area contributed by atoms with Gasteiger partial charge in [0, 0.05) is 50.2 Å². The maximum atomic E-state index is 13.0. The van der Waals surface area contributed by atoms with Crippen molar-refractivity contribution in [2.45, 2.75) is 98.0 Å². The number of halogens is 1. The third-order valence-electron chi connectivity index (χ3n) is 10.7. The molecule has 0 unspecified atom stereocenters. The van der Waals surface area contributed by atoms with Crippen LogP contribution >= 0.6 is 15.9 Å². The smallest absolute Gasteiger partial charge is 0.359 e. The first kappa shape index (κ1) is 39.4. The van der Waals surface area contributed by atoms with E-state index < -0.39 is 36.4 Å². The third-order valence-corrected chi connectivity index (χ3v) is 18.3. The second-order valence-electron chi connectivity index (χ2n) is 14.5. The first-order valence-electron chi connectivity index (χ1n) is 18.1. The lowest BCUT2D eigenvalue weighted by Crippen LogP contribution is -2.46. The maximum absolute atomic E-state index is 13.0. The van der Waals surface area contributed by atoms with Gasteiger partial charge in [-0.15, -0.1) is 0 Å². The summed E-state index contributed by atoms with van der Waals surface area (Å²) in [6, 6.07) is 0. The highest BCUT2D eigenvalue weighted by Gasteiger charge is 2.61. The molecule has 0 saturated heterocycles. The second-order valence-corrected chi connectivity index (χ2v) is 20.3. The molecule has 0 spiro atoms. The number of esters is 2. The van der Waals surface area contributed by atoms with E-state index in [9.17, 15) is 36.0 Å². The van der Waals surface area contributed by atoms with Crippen LogP contribution in [0.15, 0.2) is 0 Å². The van der Waals surface area contributed by atoms with E-state index >= 15 is 0 Å². The molecule has 2 aliphatic heterocycles. The number of fused-ring (bicyclic) bond motifs is 2. The van der Waals surface area contributed by atoms with Gasteiger partial charge in [-0.1, -0.05) is 15.9 Å². The lowest BCUT2D eigenvalue weighted by molar-refractivity contribution is 0.0507. The highest BCUT2D eigenvalue weighted by atomic mass is 79.9. The van der Waals surface area contributed by atoms with Crippen molar-refractivity contribution in [1.29, 1.82) is 0 Å². The van der Waals surface area contributed by atoms with Crippen LogP contribution in [0.25, 0.3) is 0 Å². The van der Waals surface area contributed by atoms with Crippen molar-refractivity contribution in [3.63, 3.8) is 0 Å². The molecule has 53 heavy (non-hydrogen) atoms. The number of amides is 2. The van der Waals surface area contributed by atoms with E-state index in [0.29, 0.717) is 73.2 Å². The summed E-state index contributed by atoms with van der Waals surface area (Å²) in [6.07, 6.45) is 7.37. The summed E-state index contributed by atoms with van der Waals surface area (Å²) in [4.78, 5) is 49.8. The molecule has 4 aliphatic carbocycles. The topological polar surface area (TPSA) is 206 Å². The fraction of sp³-hybridized carbons (Fsp3) is 0.706. The molecule has 6 aliphatic rings. The zero-order chi connectivity index (χ0) is 38.5. The molecule has 0 radical (unpaired) electrons. The van der Waals surface area contributed by atoms with Crippen LogP contribution in [0, 0.1) is 0 Å². The van der Waals surface area contributed by atoms with Crippen molar-refractivity contribution in [2.24, 2.45) is 14.1 Å². The van der Waals surface area contributed by atoms with Crippen LogP contribution in [-0.4, -0.2) is 123 Å². The number of aromatic nitrogens is 4. The number of hydrogen-bond donors (Lipinski definition) is 1. The van der Waals surface area contributed by atoms with Crippen molar-refractivity contribution in [1.82, 2.24) is 29.8 Å². The van der Waals surface area contributed by atoms with Gasteiger partial charge in [0.25, 0.3) is 11.8 Å². The van der Waals surface area contributed by atoms with Crippen molar-refractivity contribution < 1.29 is 45.5 Å². The number of nitrogens with zero attached hydrogens (tertiary/aromatic N) is 5. The van der Waals surface area contributed by atoms with E-state index in [0.717, 1.165) is 38.5 Å². The molecule has 4 heterocycles. The van der Waals surface area contributed by atoms with Crippen LogP contribution in [-0.2, 0) is 56.1 Å². The second kappa shape index (κ2) is 14.7. The zero-order valence-electron chi connectivity index (χ0n) is 30.5. The molecule has 2 amide bonds. The van der Waals surface area contributed by atoms with Crippen molar-refractivity contribution >= 4 is 59.4 Å². The van der Waals surface area contributed by atoms with Crippen LogP contribution in [0.1, 0.15) is 118 Å². The van der Waals surface area contributed by atoms with Crippen molar-refractivity contribution in [3.8, 4) is 0 Å². The predicted molar refractivity (Wildman–Crippen MR) is 196 cm³/mol. The number of hydrogen-bond acceptors (Lipinski definition) is 12. The van der Waals surface area contributed by atoms with Crippen LogP contribution in [0.2, 0.25) is 0 Å². The van der Waals surface area contributed by atoms with Crippen LogP contribution < -0.4 is 5.32 Å². The van der Waals surface area contributed by atoms with Gasteiger partial charge in [-0.05, 0) is 78.1 Å². The fourth-order valence-electron chi connectivity index (χ4n) is 7.04. The SMILES string of the molecule is CCOC(=O)c1nn(C)c2c1CCN(CC1(S(=O)(=O)C3CC3)CC1)C2=O.CCOC(=O)c1nn(C)c2c1CCNC2=O.O=S(=O)(C1CC1)C1(CBr)CC1. The van der Waals surface area contributed by atoms with Crippen LogP contribution in [0.3, 0.4) is 0 Å². The summed E-state index contributed by atoms with van der Waals surface area (Å²) in [6.45, 7) is 5.16. The van der Waals surface area contributed by atoms with Gasteiger partial charge in [0.1, 0.15) is 11.4 Å². The number of carbonyl (C=O) groups excluding carboxylic acids is 4. The van der Waals surface area contributed by atoms with Gasteiger partial charge < -0.3 is 19.7 Å². The molecule has 19 heteroatoms. The average molecular weight is 844 g/mol. The van der Waals surface area contributed by atoms with E-state index in [1.54, 1.807) is 32.8 Å². The Bertz CT molecular complexity index is 2030. The average Bonchev–Trinajstić information content (AvgIpc) is 3.94. The Morgan fingerprint density at radius 2 is 1.26 bits per heavy atom. The first-order valence-corrected chi connectivity index (χ1v) is 22.4. The van der Waals surface area contributed by atoms with E-state index in [-0.39, 0.29) is 51.6 Å². The summed E-state index contributed by atoms with van der Waals surface area (Å²) < 4.78 is 60.4. The molecule has 4 fully saturated rings. The van der Waals surface area contributed by atoms with Crippen LogP contribution in [0.4, 0.5) is 0 Å². The summed E-state index contributed by atoms with van der Waals surface area (Å²) >= 11 is 3.29. The third kappa shape index (κ3) is 7.41. The molecular formula is C34H47BrN6O10S2. The minimum Gasteiger partial charge on any atom is -0.461 e. The van der Waals surface area contributed by atoms with Gasteiger partial charge in [0.05, 0.1) is 33.2 Å². The van der Waals surface area contributed by atoms with Gasteiger partial charge in [0.2, 0.25) is 0 Å². The summed E-state index contributed by atoms with van der Waals surface area (Å²) in [5.74, 6) is -1.43. The van der Waals surface area contributed by atoms with Gasteiger partial charge >= 0.3 is 11.9 Å². The number of ether oxygens (including phenoxy) is 2. The lowest BCUT2D eigenvalue weighted by Gasteiger charge is -2.31. The van der Waals surface area contributed by atoms with E-state index in [1.165, 1.54) is 9.36 Å². The zero-order valence-corrected chi connectivity index (χ0v) is 33.7. The Morgan fingerprint density at radius 1 is 0.792 bits per heavy atom. The Labute approximate surface area is 317 Å². The number of aryl methyl sites for hydroxylation is 2. The molecule has 292 valence electrons. The summed E-state index contributed by atoms with van der Waals surface area (Å²) in [5.41, 5.74) is 2.54. The Kier molecular flexibility index (Phi) is 10.9. The minimum atomic E-state index is -3.17. The molecule has 16 nitrogen and oxygen atoms in total. The fourth-order valence-corrected chi connectivity index (χ4v) is 13.3. The predicted octanol–water partition coefficient (Wildman–Crippen LogP) is 2.08. The maximum Gasteiger partial charge on any atom is 0.359 e. The number of rotatable bonds is 11. The molecule has 0 bridgehead atoms. The minimum absolute atomic E-state index is 0.0162. The lowest BCUT2D eigenvalue weighted by atomic mass is 10.0. The van der Waals surface area contributed by atoms with E-state index in [2.05, 4.69) is 31.4 Å². The number of alkyl halides is 1. The van der Waals surface area contributed by atoms with Gasteiger partial charge in [-0.25, -0.2) is 26.4 Å². The normalized spacial score (nSPS) is 20.7. The van der Waals surface area contributed by atoms with Crippen LogP contribution in [0.5, 0.6) is 0 Å². The molecule has 2 aromatic heterocycles. The Balaban J connectivity index is 0.000000151. The molecule has 0 atom stereocenters. The molecule has 1 N–H and O–H groups in total. The molecule has 0 aromatic carbocycles. The summed E-state index contributed by atoms with van der Waals surface area (Å²) in [5, 5.41) is 11.4. The summed E-state index contributed by atoms with van der Waals surface area (Å²) in [7, 11) is -2.65. The number of nitrogens with one attached hydrogen (secondary N) is 1. The Hall–Kier alpha value is -3.32. The quantitative estimate of drug-likeness (QED) is 0.255. The number of carbonyl (C=O) groups is 4. The first-order chi connectivity index (χ1) is 25.1. The largest absolute Gasteiger partial charge is 0.461 e. The van der Waals surface area contributed by atoms with Gasteiger partial charge in [0.15, 0.2) is 31.1 Å². The van der Waals surface area contributed by atoms with Gasteiger partial charge in [-0.2, -0.15) is 10.2 Å². The number of sulfone groups is 2. The van der Waals surface area contributed by atoms with Crippen molar-refractivity contribution in [3.05, 3.63) is 33.9 Å². The monoisotopic (exact) mass is 842 g/mol.